The van der Waals surface area contributed by atoms with Crippen molar-refractivity contribution in [3.8, 4) is 6.07 Å². The molecular formula is C17H17N3O. The number of pyridine rings is 1. The van der Waals surface area contributed by atoms with Gasteiger partial charge in [-0.3, -0.25) is 4.98 Å². The number of rotatable bonds is 3. The van der Waals surface area contributed by atoms with E-state index in [-0.39, 0.29) is 0 Å². The van der Waals surface area contributed by atoms with Gasteiger partial charge in [0.25, 0.3) is 0 Å². The van der Waals surface area contributed by atoms with Gasteiger partial charge in [0.1, 0.15) is 6.07 Å². The van der Waals surface area contributed by atoms with Crippen LogP contribution in [0.5, 0.6) is 0 Å². The molecule has 4 heteroatoms. The Morgan fingerprint density at radius 3 is 2.90 bits per heavy atom. The van der Waals surface area contributed by atoms with Crippen molar-refractivity contribution in [3.05, 3.63) is 36.0 Å². The molecule has 1 aromatic carbocycles. The summed E-state index contributed by atoms with van der Waals surface area (Å²) in [6.07, 6.45) is 5.49. The van der Waals surface area contributed by atoms with E-state index in [1.165, 1.54) is 12.8 Å². The molecular weight excluding hydrogens is 262 g/mol. The Kier molecular flexibility index (Phi) is 3.01. The number of para-hydroxylation sites is 1. The monoisotopic (exact) mass is 279 g/mol. The average Bonchev–Trinajstić information content (AvgIpc) is 3.27. The van der Waals surface area contributed by atoms with Crippen molar-refractivity contribution in [1.82, 2.24) is 4.98 Å². The minimum atomic E-state index is 0.295. The first kappa shape index (κ1) is 12.6. The first-order valence-corrected chi connectivity index (χ1v) is 7.53. The molecule has 1 saturated carbocycles. The predicted molar refractivity (Wildman–Crippen MR) is 80.9 cm³/mol. The highest BCUT2D eigenvalue weighted by atomic mass is 16.5. The van der Waals surface area contributed by atoms with Crippen LogP contribution < -0.4 is 5.32 Å². The number of fused-ring (bicyclic) bond motifs is 1. The van der Waals surface area contributed by atoms with Crippen LogP contribution in [0.1, 0.15) is 24.8 Å². The van der Waals surface area contributed by atoms with Gasteiger partial charge in [-0.25, -0.2) is 0 Å². The van der Waals surface area contributed by atoms with E-state index in [2.05, 4.69) is 16.4 Å². The lowest BCUT2D eigenvalue weighted by Crippen LogP contribution is -2.31. The van der Waals surface area contributed by atoms with Crippen LogP contribution in [0.2, 0.25) is 0 Å². The molecule has 21 heavy (non-hydrogen) atoms. The topological polar surface area (TPSA) is 57.9 Å². The number of hydrogen-bond acceptors (Lipinski definition) is 4. The Morgan fingerprint density at radius 2 is 2.10 bits per heavy atom. The molecule has 0 radical (unpaired) electrons. The minimum Gasteiger partial charge on any atom is -0.378 e. The van der Waals surface area contributed by atoms with Gasteiger partial charge in [-0.05, 0) is 31.2 Å². The summed E-state index contributed by atoms with van der Waals surface area (Å²) in [6.45, 7) is 0.809. The van der Waals surface area contributed by atoms with E-state index in [1.807, 2.05) is 24.3 Å². The number of ether oxygens (including phenoxy) is 1. The molecule has 2 fully saturated rings. The lowest BCUT2D eigenvalue weighted by Gasteiger charge is -2.22. The molecule has 2 aliphatic rings. The van der Waals surface area contributed by atoms with Crippen LogP contribution in [-0.2, 0) is 4.74 Å². The molecule has 106 valence electrons. The van der Waals surface area contributed by atoms with E-state index in [0.29, 0.717) is 23.6 Å². The van der Waals surface area contributed by atoms with Crippen molar-refractivity contribution in [2.45, 2.75) is 31.4 Å². The standard InChI is InChI=1S/C17H17N3O/c18-9-12-10-19-14-4-2-1-3-13(14)16(12)20-15-7-8-21-17(15)11-5-6-11/h1-4,10-11,15,17H,5-8H2,(H,19,20). The van der Waals surface area contributed by atoms with E-state index in [4.69, 9.17) is 4.74 Å². The second-order valence-electron chi connectivity index (χ2n) is 5.89. The van der Waals surface area contributed by atoms with Crippen LogP contribution in [0.15, 0.2) is 30.5 Å². The van der Waals surface area contributed by atoms with Gasteiger partial charge in [-0.15, -0.1) is 0 Å². The predicted octanol–water partition coefficient (Wildman–Crippen LogP) is 3.09. The maximum Gasteiger partial charge on any atom is 0.103 e. The molecule has 0 spiro atoms. The molecule has 0 bridgehead atoms. The fourth-order valence-electron chi connectivity index (χ4n) is 3.22. The Hall–Kier alpha value is -2.12. The van der Waals surface area contributed by atoms with Gasteiger partial charge in [0.2, 0.25) is 0 Å². The third-order valence-corrected chi connectivity index (χ3v) is 4.45. The second-order valence-corrected chi connectivity index (χ2v) is 5.89. The van der Waals surface area contributed by atoms with Crippen molar-refractivity contribution in [2.75, 3.05) is 11.9 Å². The first-order chi connectivity index (χ1) is 10.4. The van der Waals surface area contributed by atoms with E-state index in [9.17, 15) is 5.26 Å². The van der Waals surface area contributed by atoms with Gasteiger partial charge in [-0.1, -0.05) is 18.2 Å². The molecule has 2 heterocycles. The zero-order chi connectivity index (χ0) is 14.2. The van der Waals surface area contributed by atoms with E-state index < -0.39 is 0 Å². The lowest BCUT2D eigenvalue weighted by molar-refractivity contribution is 0.0898. The number of anilines is 1. The number of nitriles is 1. The second kappa shape index (κ2) is 5.01. The van der Waals surface area contributed by atoms with Crippen LogP contribution in [0.3, 0.4) is 0 Å². The highest BCUT2D eigenvalue weighted by molar-refractivity contribution is 5.94. The molecule has 4 nitrogen and oxygen atoms in total. The van der Waals surface area contributed by atoms with Crippen molar-refractivity contribution in [1.29, 1.82) is 5.26 Å². The molecule has 0 amide bonds. The molecule has 1 N–H and O–H groups in total. The van der Waals surface area contributed by atoms with Gasteiger partial charge in [0.15, 0.2) is 0 Å². The van der Waals surface area contributed by atoms with Crippen molar-refractivity contribution < 1.29 is 4.74 Å². The van der Waals surface area contributed by atoms with Crippen molar-refractivity contribution in [3.63, 3.8) is 0 Å². The third-order valence-electron chi connectivity index (χ3n) is 4.45. The zero-order valence-electron chi connectivity index (χ0n) is 11.7. The summed E-state index contributed by atoms with van der Waals surface area (Å²) in [6, 6.07) is 10.5. The van der Waals surface area contributed by atoms with Gasteiger partial charge in [0.05, 0.1) is 28.9 Å². The Balaban J connectivity index is 1.73. The number of benzene rings is 1. The molecule has 4 rings (SSSR count). The lowest BCUT2D eigenvalue weighted by atomic mass is 10.0. The fraction of sp³-hybridized carbons (Fsp3) is 0.412. The van der Waals surface area contributed by atoms with E-state index in [1.54, 1.807) is 6.20 Å². The summed E-state index contributed by atoms with van der Waals surface area (Å²) >= 11 is 0. The number of hydrogen-bond donors (Lipinski definition) is 1. The zero-order valence-corrected chi connectivity index (χ0v) is 11.7. The highest BCUT2D eigenvalue weighted by Gasteiger charge is 2.40. The smallest absolute Gasteiger partial charge is 0.103 e. The Labute approximate surface area is 123 Å². The summed E-state index contributed by atoms with van der Waals surface area (Å²) in [7, 11) is 0. The van der Waals surface area contributed by atoms with Crippen molar-refractivity contribution in [2.24, 2.45) is 5.92 Å². The summed E-state index contributed by atoms with van der Waals surface area (Å²) in [5, 5.41) is 14.0. The molecule has 1 saturated heterocycles. The summed E-state index contributed by atoms with van der Waals surface area (Å²) < 4.78 is 5.89. The highest BCUT2D eigenvalue weighted by Crippen LogP contribution is 2.40. The normalized spacial score (nSPS) is 24.9. The largest absolute Gasteiger partial charge is 0.378 e. The summed E-state index contributed by atoms with van der Waals surface area (Å²) in [5.41, 5.74) is 2.43. The van der Waals surface area contributed by atoms with Gasteiger partial charge in [-0.2, -0.15) is 5.26 Å². The van der Waals surface area contributed by atoms with Gasteiger partial charge >= 0.3 is 0 Å². The van der Waals surface area contributed by atoms with E-state index >= 15 is 0 Å². The van der Waals surface area contributed by atoms with Gasteiger partial charge < -0.3 is 10.1 Å². The summed E-state index contributed by atoms with van der Waals surface area (Å²) in [4.78, 5) is 4.36. The molecule has 1 aromatic heterocycles. The first-order valence-electron chi connectivity index (χ1n) is 7.53. The average molecular weight is 279 g/mol. The maximum absolute atomic E-state index is 9.38. The molecule has 2 aromatic rings. The molecule has 2 unspecified atom stereocenters. The number of nitrogens with one attached hydrogen (secondary N) is 1. The fourth-order valence-corrected chi connectivity index (χ4v) is 3.22. The Bertz CT molecular complexity index is 718. The van der Waals surface area contributed by atoms with Crippen LogP contribution in [0, 0.1) is 17.2 Å². The van der Waals surface area contributed by atoms with Crippen molar-refractivity contribution >= 4 is 16.6 Å². The maximum atomic E-state index is 9.38. The van der Waals surface area contributed by atoms with Gasteiger partial charge in [0, 0.05) is 18.2 Å². The number of nitrogens with zero attached hydrogens (tertiary/aromatic N) is 2. The van der Waals surface area contributed by atoms with Crippen LogP contribution in [0.4, 0.5) is 5.69 Å². The van der Waals surface area contributed by atoms with E-state index in [0.717, 1.165) is 29.6 Å². The quantitative estimate of drug-likeness (QED) is 0.938. The number of aromatic nitrogens is 1. The molecule has 1 aliphatic heterocycles. The minimum absolute atomic E-state index is 0.295. The SMILES string of the molecule is N#Cc1cnc2ccccc2c1NC1CCOC1C1CC1. The summed E-state index contributed by atoms with van der Waals surface area (Å²) in [5.74, 6) is 0.698. The molecule has 2 atom stereocenters. The Morgan fingerprint density at radius 1 is 1.24 bits per heavy atom. The van der Waals surface area contributed by atoms with Crippen LogP contribution >= 0.6 is 0 Å². The van der Waals surface area contributed by atoms with Crippen LogP contribution in [-0.4, -0.2) is 23.7 Å². The molecule has 1 aliphatic carbocycles. The van der Waals surface area contributed by atoms with Crippen LogP contribution in [0.25, 0.3) is 10.9 Å². The third kappa shape index (κ3) is 2.24.